The Hall–Kier alpha value is -3.16. The van der Waals surface area contributed by atoms with Gasteiger partial charge in [0.15, 0.2) is 0 Å². The molecule has 1 unspecified atom stereocenters. The molecule has 1 N–H and O–H groups in total. The quantitative estimate of drug-likeness (QED) is 0.812. The molecule has 2 amide bonds. The van der Waals surface area contributed by atoms with Gasteiger partial charge in [0.1, 0.15) is 11.6 Å². The fourth-order valence-corrected chi connectivity index (χ4v) is 3.36. The Morgan fingerprint density at radius 1 is 1.00 bits per heavy atom. The van der Waals surface area contributed by atoms with E-state index in [1.54, 1.807) is 50.5 Å². The molecule has 0 spiro atoms. The number of aromatic nitrogens is 2. The minimum absolute atomic E-state index is 0.105. The summed E-state index contributed by atoms with van der Waals surface area (Å²) in [6.45, 7) is 8.02. The molecule has 1 saturated heterocycles. The highest BCUT2D eigenvalue weighted by Crippen LogP contribution is 2.16. The molecule has 1 atom stereocenters. The second kappa shape index (κ2) is 9.56. The van der Waals surface area contributed by atoms with Crippen molar-refractivity contribution in [3.63, 3.8) is 0 Å². The summed E-state index contributed by atoms with van der Waals surface area (Å²) in [5, 5.41) is 2.77. The topological polar surface area (TPSA) is 87.7 Å². The van der Waals surface area contributed by atoms with Crippen molar-refractivity contribution < 1.29 is 14.3 Å². The molecule has 8 heteroatoms. The number of carbonyl (C=O) groups is 2. The summed E-state index contributed by atoms with van der Waals surface area (Å²) in [5.74, 6) is -0.105. The van der Waals surface area contributed by atoms with Crippen LogP contribution in [0.1, 0.15) is 26.3 Å². The number of carbonyl (C=O) groups excluding carboxylic acids is 2. The maximum absolute atomic E-state index is 13.3. The van der Waals surface area contributed by atoms with Crippen molar-refractivity contribution in [1.82, 2.24) is 20.2 Å². The van der Waals surface area contributed by atoms with Crippen LogP contribution in [0.3, 0.4) is 0 Å². The summed E-state index contributed by atoms with van der Waals surface area (Å²) in [5.41, 5.74) is 1.39. The number of hydrogen-bond donors (Lipinski definition) is 1. The highest BCUT2D eigenvalue weighted by Gasteiger charge is 2.30. The average molecular weight is 412 g/mol. The van der Waals surface area contributed by atoms with Gasteiger partial charge in [-0.1, -0.05) is 0 Å². The third-order valence-corrected chi connectivity index (χ3v) is 4.80. The van der Waals surface area contributed by atoms with Gasteiger partial charge in [-0.25, -0.2) is 4.79 Å². The fourth-order valence-electron chi connectivity index (χ4n) is 3.36. The molecule has 0 bridgehead atoms. The van der Waals surface area contributed by atoms with Crippen LogP contribution in [0, 0.1) is 0 Å². The maximum atomic E-state index is 13.3. The normalized spacial score (nSPS) is 15.4. The van der Waals surface area contributed by atoms with Crippen molar-refractivity contribution >= 4 is 17.7 Å². The molecule has 0 saturated carbocycles. The molecule has 0 radical (unpaired) electrons. The van der Waals surface area contributed by atoms with Crippen molar-refractivity contribution in [3.8, 4) is 0 Å². The monoisotopic (exact) mass is 411 g/mol. The van der Waals surface area contributed by atoms with Gasteiger partial charge in [-0.05, 0) is 50.6 Å². The van der Waals surface area contributed by atoms with E-state index in [-0.39, 0.29) is 5.91 Å². The molecule has 2 aromatic heterocycles. The first-order valence-corrected chi connectivity index (χ1v) is 10.1. The van der Waals surface area contributed by atoms with Crippen LogP contribution >= 0.6 is 0 Å². The first kappa shape index (κ1) is 21.5. The summed E-state index contributed by atoms with van der Waals surface area (Å²) in [4.78, 5) is 37.7. The lowest BCUT2D eigenvalue weighted by Crippen LogP contribution is -2.56. The van der Waals surface area contributed by atoms with E-state index in [1.165, 1.54) is 0 Å². The number of nitrogens with zero attached hydrogens (tertiary/aromatic N) is 4. The number of hydrogen-bond acceptors (Lipinski definition) is 6. The molecule has 30 heavy (non-hydrogen) atoms. The summed E-state index contributed by atoms with van der Waals surface area (Å²) in [7, 11) is 0. The summed E-state index contributed by atoms with van der Waals surface area (Å²) >= 11 is 0. The number of ether oxygens (including phenoxy) is 1. The average Bonchev–Trinajstić information content (AvgIpc) is 2.73. The zero-order valence-electron chi connectivity index (χ0n) is 17.7. The van der Waals surface area contributed by atoms with Crippen LogP contribution in [0.4, 0.5) is 10.5 Å². The first-order valence-electron chi connectivity index (χ1n) is 10.1. The Bertz CT molecular complexity index is 831. The van der Waals surface area contributed by atoms with Crippen LogP contribution in [0.2, 0.25) is 0 Å². The van der Waals surface area contributed by atoms with E-state index in [4.69, 9.17) is 4.74 Å². The summed E-state index contributed by atoms with van der Waals surface area (Å²) in [6.07, 6.45) is 6.68. The molecular weight excluding hydrogens is 382 g/mol. The highest BCUT2D eigenvalue weighted by molar-refractivity contribution is 5.86. The number of pyridine rings is 2. The highest BCUT2D eigenvalue weighted by atomic mass is 16.6. The van der Waals surface area contributed by atoms with Crippen LogP contribution in [0.5, 0.6) is 0 Å². The van der Waals surface area contributed by atoms with Gasteiger partial charge in [-0.2, -0.15) is 0 Å². The molecule has 160 valence electrons. The zero-order valence-corrected chi connectivity index (χ0v) is 17.7. The Balaban J connectivity index is 1.66. The third kappa shape index (κ3) is 6.17. The van der Waals surface area contributed by atoms with Gasteiger partial charge in [-0.15, -0.1) is 0 Å². The predicted octanol–water partition coefficient (Wildman–Crippen LogP) is 2.26. The standard InChI is InChI=1S/C22H29N5O3/c1-22(2,3)30-21(29)25-19(16-17-4-8-23-9-5-17)20(28)27-14-12-26(13-15-27)18-6-10-24-11-7-18/h4-11,19H,12-16H2,1-3H3,(H,25,29). The van der Waals surface area contributed by atoms with Crippen molar-refractivity contribution in [3.05, 3.63) is 54.6 Å². The third-order valence-electron chi connectivity index (χ3n) is 4.80. The van der Waals surface area contributed by atoms with E-state index < -0.39 is 17.7 Å². The van der Waals surface area contributed by atoms with E-state index in [9.17, 15) is 9.59 Å². The number of alkyl carbamates (subject to hydrolysis) is 1. The number of anilines is 1. The molecule has 8 nitrogen and oxygen atoms in total. The lowest BCUT2D eigenvalue weighted by Gasteiger charge is -2.37. The van der Waals surface area contributed by atoms with E-state index in [0.717, 1.165) is 24.3 Å². The van der Waals surface area contributed by atoms with Crippen molar-refractivity contribution in [2.24, 2.45) is 0 Å². The number of rotatable bonds is 5. The largest absolute Gasteiger partial charge is 0.444 e. The SMILES string of the molecule is CC(C)(C)OC(=O)NC(Cc1ccncc1)C(=O)N1CCN(c2ccncc2)CC1. The number of amides is 2. The van der Waals surface area contributed by atoms with Gasteiger partial charge < -0.3 is 19.9 Å². The Morgan fingerprint density at radius 3 is 2.13 bits per heavy atom. The summed E-state index contributed by atoms with van der Waals surface area (Å²) < 4.78 is 5.37. The Labute approximate surface area is 177 Å². The van der Waals surface area contributed by atoms with Gasteiger partial charge in [0.25, 0.3) is 0 Å². The second-order valence-corrected chi connectivity index (χ2v) is 8.28. The summed E-state index contributed by atoms with van der Waals surface area (Å²) in [6, 6.07) is 6.92. The minimum Gasteiger partial charge on any atom is -0.444 e. The van der Waals surface area contributed by atoms with Gasteiger partial charge >= 0.3 is 6.09 Å². The fraction of sp³-hybridized carbons (Fsp3) is 0.455. The molecular formula is C22H29N5O3. The smallest absolute Gasteiger partial charge is 0.408 e. The van der Waals surface area contributed by atoms with E-state index >= 15 is 0 Å². The molecule has 0 aliphatic carbocycles. The first-order chi connectivity index (χ1) is 14.3. The lowest BCUT2D eigenvalue weighted by atomic mass is 10.1. The van der Waals surface area contributed by atoms with E-state index in [2.05, 4.69) is 20.2 Å². The van der Waals surface area contributed by atoms with Crippen LogP contribution in [0.15, 0.2) is 49.1 Å². The van der Waals surface area contributed by atoms with Gasteiger partial charge in [0.05, 0.1) is 0 Å². The van der Waals surface area contributed by atoms with Crippen LogP contribution in [-0.2, 0) is 16.0 Å². The van der Waals surface area contributed by atoms with Crippen molar-refractivity contribution in [2.45, 2.75) is 38.8 Å². The zero-order chi connectivity index (χ0) is 21.6. The molecule has 1 aliphatic rings. The molecule has 1 fully saturated rings. The second-order valence-electron chi connectivity index (χ2n) is 8.28. The predicted molar refractivity (Wildman–Crippen MR) is 114 cm³/mol. The maximum Gasteiger partial charge on any atom is 0.408 e. The molecule has 3 rings (SSSR count). The minimum atomic E-state index is -0.699. The molecule has 0 aromatic carbocycles. The lowest BCUT2D eigenvalue weighted by molar-refractivity contribution is -0.133. The molecule has 2 aromatic rings. The van der Waals surface area contributed by atoms with E-state index in [1.807, 2.05) is 24.3 Å². The number of piperazine rings is 1. The van der Waals surface area contributed by atoms with Gasteiger partial charge in [-0.3, -0.25) is 14.8 Å². The molecule has 1 aliphatic heterocycles. The van der Waals surface area contributed by atoms with Gasteiger partial charge in [0, 0.05) is 63.1 Å². The van der Waals surface area contributed by atoms with Crippen LogP contribution in [0.25, 0.3) is 0 Å². The Morgan fingerprint density at radius 2 is 1.57 bits per heavy atom. The molecule has 3 heterocycles. The van der Waals surface area contributed by atoms with Crippen molar-refractivity contribution in [2.75, 3.05) is 31.1 Å². The van der Waals surface area contributed by atoms with Crippen LogP contribution < -0.4 is 10.2 Å². The van der Waals surface area contributed by atoms with Crippen LogP contribution in [-0.4, -0.2) is 64.7 Å². The number of nitrogens with one attached hydrogen (secondary N) is 1. The van der Waals surface area contributed by atoms with Gasteiger partial charge in [0.2, 0.25) is 5.91 Å². The Kier molecular flexibility index (Phi) is 6.87. The van der Waals surface area contributed by atoms with Crippen molar-refractivity contribution in [1.29, 1.82) is 0 Å². The van der Waals surface area contributed by atoms with E-state index in [0.29, 0.717) is 19.5 Å².